The molecule has 0 saturated carbocycles. The minimum Gasteiger partial charge on any atom is -0.394 e. The van der Waals surface area contributed by atoms with E-state index in [1.165, 1.54) is 24.3 Å². The van der Waals surface area contributed by atoms with Crippen LogP contribution in [-0.4, -0.2) is 22.5 Å². The van der Waals surface area contributed by atoms with Crippen LogP contribution in [-0.2, 0) is 0 Å². The number of non-ortho nitro benzene ring substituents is 1. The Hall–Kier alpha value is -2.44. The lowest BCUT2D eigenvalue weighted by atomic mass is 10.1. The first kappa shape index (κ1) is 15.9. The van der Waals surface area contributed by atoms with Crippen molar-refractivity contribution in [2.24, 2.45) is 0 Å². The number of hydrogen-bond donors (Lipinski definition) is 2. The van der Waals surface area contributed by atoms with Crippen molar-refractivity contribution in [1.29, 1.82) is 0 Å². The molecular formula is C15H13ClN2O4. The van der Waals surface area contributed by atoms with Gasteiger partial charge >= 0.3 is 0 Å². The summed E-state index contributed by atoms with van der Waals surface area (Å²) < 4.78 is 0. The Kier molecular flexibility index (Phi) is 5.08. The first-order valence-corrected chi connectivity index (χ1v) is 6.80. The maximum absolute atomic E-state index is 12.1. The Bertz CT molecular complexity index is 671. The van der Waals surface area contributed by atoms with E-state index in [0.29, 0.717) is 10.6 Å². The number of aliphatic hydroxyl groups is 1. The molecule has 0 bridgehead atoms. The van der Waals surface area contributed by atoms with Crippen molar-refractivity contribution < 1.29 is 14.8 Å². The number of benzene rings is 2. The second-order valence-corrected chi connectivity index (χ2v) is 5.00. The van der Waals surface area contributed by atoms with Crippen LogP contribution in [0.4, 0.5) is 5.69 Å². The molecular weight excluding hydrogens is 308 g/mol. The largest absolute Gasteiger partial charge is 0.394 e. The van der Waals surface area contributed by atoms with E-state index in [4.69, 9.17) is 11.6 Å². The Morgan fingerprint density at radius 3 is 2.27 bits per heavy atom. The number of carbonyl (C=O) groups excluding carboxylic acids is 1. The second-order valence-electron chi connectivity index (χ2n) is 4.56. The fourth-order valence-electron chi connectivity index (χ4n) is 1.91. The van der Waals surface area contributed by atoms with Gasteiger partial charge in [-0.3, -0.25) is 14.9 Å². The van der Waals surface area contributed by atoms with E-state index >= 15 is 0 Å². The molecule has 1 amide bonds. The summed E-state index contributed by atoms with van der Waals surface area (Å²) in [5, 5.41) is 23.2. The molecule has 0 aliphatic heterocycles. The first-order chi connectivity index (χ1) is 10.5. The molecule has 0 aliphatic rings. The van der Waals surface area contributed by atoms with Crippen LogP contribution in [0.5, 0.6) is 0 Å². The average Bonchev–Trinajstić information content (AvgIpc) is 2.53. The van der Waals surface area contributed by atoms with Crippen LogP contribution in [0.2, 0.25) is 5.02 Å². The third-order valence-electron chi connectivity index (χ3n) is 3.10. The normalized spacial score (nSPS) is 11.7. The predicted octanol–water partition coefficient (Wildman–Crippen LogP) is 2.71. The first-order valence-electron chi connectivity index (χ1n) is 6.43. The fourth-order valence-corrected chi connectivity index (χ4v) is 2.03. The highest BCUT2D eigenvalue weighted by atomic mass is 35.5. The van der Waals surface area contributed by atoms with Gasteiger partial charge in [0.2, 0.25) is 0 Å². The summed E-state index contributed by atoms with van der Waals surface area (Å²) in [6.45, 7) is -0.277. The minimum absolute atomic E-state index is 0.0899. The maximum atomic E-state index is 12.1. The van der Waals surface area contributed by atoms with E-state index in [0.717, 1.165) is 0 Å². The fraction of sp³-hybridized carbons (Fsp3) is 0.133. The van der Waals surface area contributed by atoms with Gasteiger partial charge in [0.05, 0.1) is 17.6 Å². The quantitative estimate of drug-likeness (QED) is 0.654. The topological polar surface area (TPSA) is 92.5 Å². The number of halogens is 1. The number of amides is 1. The molecule has 1 unspecified atom stereocenters. The molecule has 2 aromatic rings. The van der Waals surface area contributed by atoms with Gasteiger partial charge in [0.1, 0.15) is 0 Å². The van der Waals surface area contributed by atoms with Gasteiger partial charge in [0.25, 0.3) is 11.6 Å². The number of nitro benzene ring substituents is 1. The van der Waals surface area contributed by atoms with Gasteiger partial charge in [0, 0.05) is 22.7 Å². The smallest absolute Gasteiger partial charge is 0.269 e. The van der Waals surface area contributed by atoms with E-state index in [2.05, 4.69) is 5.32 Å². The Balaban J connectivity index is 2.11. The van der Waals surface area contributed by atoms with Gasteiger partial charge in [-0.2, -0.15) is 0 Å². The van der Waals surface area contributed by atoms with Crippen LogP contribution in [0.25, 0.3) is 0 Å². The molecule has 0 aromatic heterocycles. The summed E-state index contributed by atoms with van der Waals surface area (Å²) in [5.41, 5.74) is 0.896. The van der Waals surface area contributed by atoms with E-state index in [1.54, 1.807) is 24.3 Å². The summed E-state index contributed by atoms with van der Waals surface area (Å²) in [6.07, 6.45) is 0. The number of nitrogens with one attached hydrogen (secondary N) is 1. The number of rotatable bonds is 5. The molecule has 0 heterocycles. The molecule has 0 radical (unpaired) electrons. The molecule has 1 atom stereocenters. The van der Waals surface area contributed by atoms with E-state index in [9.17, 15) is 20.0 Å². The Morgan fingerprint density at radius 2 is 1.77 bits per heavy atom. The monoisotopic (exact) mass is 320 g/mol. The molecule has 0 spiro atoms. The van der Waals surface area contributed by atoms with Crippen molar-refractivity contribution in [2.75, 3.05) is 6.61 Å². The number of aliphatic hydroxyl groups excluding tert-OH is 1. The Morgan fingerprint density at radius 1 is 1.18 bits per heavy atom. The van der Waals surface area contributed by atoms with Gasteiger partial charge in [0.15, 0.2) is 0 Å². The van der Waals surface area contributed by atoms with Crippen molar-refractivity contribution in [3.63, 3.8) is 0 Å². The summed E-state index contributed by atoms with van der Waals surface area (Å²) in [6, 6.07) is 11.4. The van der Waals surface area contributed by atoms with Crippen LogP contribution >= 0.6 is 11.6 Å². The molecule has 2 aromatic carbocycles. The van der Waals surface area contributed by atoms with Gasteiger partial charge in [-0.1, -0.05) is 23.7 Å². The zero-order valence-electron chi connectivity index (χ0n) is 11.4. The number of nitro groups is 1. The lowest BCUT2D eigenvalue weighted by molar-refractivity contribution is -0.384. The molecule has 6 nitrogen and oxygen atoms in total. The van der Waals surface area contributed by atoms with Gasteiger partial charge < -0.3 is 10.4 Å². The van der Waals surface area contributed by atoms with Crippen molar-refractivity contribution >= 4 is 23.2 Å². The summed E-state index contributed by atoms with van der Waals surface area (Å²) in [5.74, 6) is -0.427. The van der Waals surface area contributed by atoms with Crippen molar-refractivity contribution in [2.45, 2.75) is 6.04 Å². The van der Waals surface area contributed by atoms with Gasteiger partial charge in [-0.15, -0.1) is 0 Å². The summed E-state index contributed by atoms with van der Waals surface area (Å²) in [4.78, 5) is 22.2. The molecule has 0 aliphatic carbocycles. The van der Waals surface area contributed by atoms with Crippen molar-refractivity contribution in [1.82, 2.24) is 5.32 Å². The van der Waals surface area contributed by atoms with Crippen molar-refractivity contribution in [3.8, 4) is 0 Å². The van der Waals surface area contributed by atoms with E-state index in [-0.39, 0.29) is 17.9 Å². The molecule has 2 rings (SSSR count). The number of carbonyl (C=O) groups is 1. The second kappa shape index (κ2) is 7.02. The van der Waals surface area contributed by atoms with Gasteiger partial charge in [-0.25, -0.2) is 0 Å². The van der Waals surface area contributed by atoms with Crippen LogP contribution in [0, 0.1) is 10.1 Å². The lowest BCUT2D eigenvalue weighted by Gasteiger charge is -2.16. The highest BCUT2D eigenvalue weighted by molar-refractivity contribution is 6.30. The molecule has 22 heavy (non-hydrogen) atoms. The number of hydrogen-bond acceptors (Lipinski definition) is 4. The molecule has 0 fully saturated rings. The SMILES string of the molecule is O=C(NC(CO)c1ccc(Cl)cc1)c1ccc([N+](=O)[O-])cc1. The standard InChI is InChI=1S/C15H13ClN2O4/c16-12-5-1-10(2-6-12)14(9-19)17-15(20)11-3-7-13(8-4-11)18(21)22/h1-8,14,19H,9H2,(H,17,20). The van der Waals surface area contributed by atoms with Crippen molar-refractivity contribution in [3.05, 3.63) is 74.8 Å². The average molecular weight is 321 g/mol. The predicted molar refractivity (Wildman–Crippen MR) is 81.8 cm³/mol. The summed E-state index contributed by atoms with van der Waals surface area (Å²) >= 11 is 5.80. The molecule has 0 saturated heterocycles. The van der Waals surface area contributed by atoms with Crippen LogP contribution in [0.3, 0.4) is 0 Å². The highest BCUT2D eigenvalue weighted by Gasteiger charge is 2.16. The highest BCUT2D eigenvalue weighted by Crippen LogP contribution is 2.17. The molecule has 114 valence electrons. The van der Waals surface area contributed by atoms with Crippen LogP contribution in [0.15, 0.2) is 48.5 Å². The lowest BCUT2D eigenvalue weighted by Crippen LogP contribution is -2.30. The number of nitrogens with zero attached hydrogens (tertiary/aromatic N) is 1. The van der Waals surface area contributed by atoms with Gasteiger partial charge in [-0.05, 0) is 29.8 Å². The Labute approximate surface area is 131 Å². The zero-order chi connectivity index (χ0) is 16.1. The molecule has 7 heteroatoms. The van der Waals surface area contributed by atoms with Crippen LogP contribution in [0.1, 0.15) is 22.0 Å². The maximum Gasteiger partial charge on any atom is 0.269 e. The minimum atomic E-state index is -0.583. The third-order valence-corrected chi connectivity index (χ3v) is 3.35. The van der Waals surface area contributed by atoms with Crippen LogP contribution < -0.4 is 5.32 Å². The molecule has 2 N–H and O–H groups in total. The zero-order valence-corrected chi connectivity index (χ0v) is 12.2. The van der Waals surface area contributed by atoms with E-state index in [1.807, 2.05) is 0 Å². The van der Waals surface area contributed by atoms with E-state index < -0.39 is 16.9 Å². The third kappa shape index (κ3) is 3.81. The summed E-state index contributed by atoms with van der Waals surface area (Å²) in [7, 11) is 0.